The van der Waals surface area contributed by atoms with Gasteiger partial charge in [-0.2, -0.15) is 0 Å². The number of amides is 1. The number of nitrogens with zero attached hydrogens (tertiary/aromatic N) is 1. The number of hydrogen-bond donors (Lipinski definition) is 1. The van der Waals surface area contributed by atoms with E-state index in [0.717, 1.165) is 35.9 Å². The van der Waals surface area contributed by atoms with Gasteiger partial charge in [0.2, 0.25) is 0 Å². The van der Waals surface area contributed by atoms with Crippen LogP contribution in [0.4, 0.5) is 5.69 Å². The van der Waals surface area contributed by atoms with Crippen LogP contribution in [0.2, 0.25) is 0 Å². The minimum atomic E-state index is -0.147. The predicted octanol–water partition coefficient (Wildman–Crippen LogP) is 3.87. The molecular formula is C18H24N2O. The Labute approximate surface area is 126 Å². The Morgan fingerprint density at radius 3 is 2.43 bits per heavy atom. The summed E-state index contributed by atoms with van der Waals surface area (Å²) >= 11 is 0. The van der Waals surface area contributed by atoms with Crippen LogP contribution in [0.15, 0.2) is 24.3 Å². The summed E-state index contributed by atoms with van der Waals surface area (Å²) in [6, 6.07) is 7.92. The molecule has 0 unspecified atom stereocenters. The van der Waals surface area contributed by atoms with Crippen molar-refractivity contribution < 1.29 is 4.79 Å². The van der Waals surface area contributed by atoms with E-state index in [9.17, 15) is 4.79 Å². The molecule has 3 heteroatoms. The lowest BCUT2D eigenvalue weighted by Crippen LogP contribution is -2.60. The first-order valence-corrected chi connectivity index (χ1v) is 8.35. The van der Waals surface area contributed by atoms with Gasteiger partial charge in [-0.3, -0.25) is 4.79 Å². The molecule has 1 aromatic rings. The molecule has 21 heavy (non-hydrogen) atoms. The van der Waals surface area contributed by atoms with Crippen LogP contribution in [-0.4, -0.2) is 23.5 Å². The Kier molecular flexibility index (Phi) is 2.98. The molecule has 0 saturated heterocycles. The Morgan fingerprint density at radius 1 is 1.10 bits per heavy atom. The molecule has 0 atom stereocenters. The van der Waals surface area contributed by atoms with Crippen LogP contribution in [0.1, 0.15) is 55.3 Å². The summed E-state index contributed by atoms with van der Waals surface area (Å²) in [5.74, 6) is 2.04. The summed E-state index contributed by atoms with van der Waals surface area (Å²) in [6.45, 7) is 0. The molecule has 112 valence electrons. The molecule has 0 bridgehead atoms. The van der Waals surface area contributed by atoms with Gasteiger partial charge in [0.05, 0.1) is 5.56 Å². The van der Waals surface area contributed by atoms with Crippen LogP contribution < -0.4 is 5.32 Å². The van der Waals surface area contributed by atoms with E-state index in [1.807, 2.05) is 36.2 Å². The monoisotopic (exact) mass is 284 g/mol. The average Bonchev–Trinajstić information content (AvgIpc) is 2.46. The number of anilines is 1. The maximum atomic E-state index is 12.7. The quantitative estimate of drug-likeness (QED) is 0.849. The molecule has 1 amide bonds. The number of carbonyl (C=O) groups excluding carboxylic acids is 1. The first-order chi connectivity index (χ1) is 10.2. The van der Waals surface area contributed by atoms with E-state index in [4.69, 9.17) is 0 Å². The summed E-state index contributed by atoms with van der Waals surface area (Å²) in [5.41, 5.74) is 1.68. The van der Waals surface area contributed by atoms with Crippen molar-refractivity contribution in [2.45, 2.75) is 50.6 Å². The van der Waals surface area contributed by atoms with Gasteiger partial charge in [-0.25, -0.2) is 0 Å². The van der Waals surface area contributed by atoms with E-state index in [2.05, 4.69) is 5.32 Å². The first kappa shape index (κ1) is 13.2. The van der Waals surface area contributed by atoms with E-state index in [1.165, 1.54) is 32.1 Å². The maximum Gasteiger partial charge on any atom is 0.257 e. The standard InChI is InChI=1S/C18H24N2O/c1-20-17(21)15-7-2-3-8-16(15)19-18(20)11-9-14(10-12-18)13-5-4-6-13/h2-3,7-8,13-14,19H,4-6,9-12H2,1H3. The number of rotatable bonds is 1. The topological polar surface area (TPSA) is 32.3 Å². The molecule has 1 N–H and O–H groups in total. The van der Waals surface area contributed by atoms with Crippen LogP contribution in [0.3, 0.4) is 0 Å². The van der Waals surface area contributed by atoms with Gasteiger partial charge < -0.3 is 10.2 Å². The molecule has 1 aromatic carbocycles. The minimum Gasteiger partial charge on any atom is -0.362 e. The summed E-state index contributed by atoms with van der Waals surface area (Å²) in [5, 5.41) is 3.69. The zero-order valence-electron chi connectivity index (χ0n) is 12.8. The molecule has 1 heterocycles. The van der Waals surface area contributed by atoms with E-state index in [1.54, 1.807) is 0 Å². The summed E-state index contributed by atoms with van der Waals surface area (Å²) in [7, 11) is 1.97. The summed E-state index contributed by atoms with van der Waals surface area (Å²) in [4.78, 5) is 14.6. The Balaban J connectivity index is 1.57. The van der Waals surface area contributed by atoms with Crippen molar-refractivity contribution in [3.63, 3.8) is 0 Å². The lowest BCUT2D eigenvalue weighted by atomic mass is 9.67. The fourth-order valence-electron chi connectivity index (χ4n) is 4.45. The Hall–Kier alpha value is -1.51. The van der Waals surface area contributed by atoms with E-state index in [0.29, 0.717) is 0 Å². The van der Waals surface area contributed by atoms with Crippen LogP contribution in [-0.2, 0) is 0 Å². The maximum absolute atomic E-state index is 12.7. The van der Waals surface area contributed by atoms with Gasteiger partial charge in [0, 0.05) is 12.7 Å². The number of carbonyl (C=O) groups is 1. The molecule has 3 nitrogen and oxygen atoms in total. The lowest BCUT2D eigenvalue weighted by Gasteiger charge is -2.51. The smallest absolute Gasteiger partial charge is 0.257 e. The fourth-order valence-corrected chi connectivity index (χ4v) is 4.45. The van der Waals surface area contributed by atoms with E-state index < -0.39 is 0 Å². The number of benzene rings is 1. The van der Waals surface area contributed by atoms with Crippen LogP contribution in [0.5, 0.6) is 0 Å². The Morgan fingerprint density at radius 2 is 1.76 bits per heavy atom. The highest BCUT2D eigenvalue weighted by atomic mass is 16.2. The van der Waals surface area contributed by atoms with Crippen molar-refractivity contribution in [3.05, 3.63) is 29.8 Å². The molecule has 2 aliphatic carbocycles. The van der Waals surface area contributed by atoms with Crippen molar-refractivity contribution in [1.82, 2.24) is 4.90 Å². The van der Waals surface area contributed by atoms with Crippen molar-refractivity contribution in [1.29, 1.82) is 0 Å². The SMILES string of the molecule is CN1C(=O)c2ccccc2NC12CCC(C1CCC1)CC2. The number of fused-ring (bicyclic) bond motifs is 1. The average molecular weight is 284 g/mol. The molecular weight excluding hydrogens is 260 g/mol. The predicted molar refractivity (Wildman–Crippen MR) is 84.2 cm³/mol. The molecule has 4 rings (SSSR count). The number of para-hydroxylation sites is 1. The van der Waals surface area contributed by atoms with Gasteiger partial charge in [0.1, 0.15) is 5.66 Å². The highest BCUT2D eigenvalue weighted by molar-refractivity contribution is 6.02. The van der Waals surface area contributed by atoms with Gasteiger partial charge in [-0.15, -0.1) is 0 Å². The summed E-state index contributed by atoms with van der Waals surface area (Å²) < 4.78 is 0. The van der Waals surface area contributed by atoms with Gasteiger partial charge >= 0.3 is 0 Å². The van der Waals surface area contributed by atoms with Crippen LogP contribution in [0, 0.1) is 11.8 Å². The van der Waals surface area contributed by atoms with Crippen LogP contribution >= 0.6 is 0 Å². The lowest BCUT2D eigenvalue weighted by molar-refractivity contribution is 0.0346. The second-order valence-electron chi connectivity index (χ2n) is 7.09. The molecule has 2 saturated carbocycles. The number of nitrogens with one attached hydrogen (secondary N) is 1. The molecule has 3 aliphatic rings. The first-order valence-electron chi connectivity index (χ1n) is 8.35. The van der Waals surface area contributed by atoms with Crippen LogP contribution in [0.25, 0.3) is 0 Å². The van der Waals surface area contributed by atoms with Crippen molar-refractivity contribution in [3.8, 4) is 0 Å². The zero-order chi connectivity index (χ0) is 14.4. The van der Waals surface area contributed by atoms with Crippen molar-refractivity contribution >= 4 is 11.6 Å². The molecule has 0 aromatic heterocycles. The Bertz CT molecular complexity index is 556. The zero-order valence-corrected chi connectivity index (χ0v) is 12.8. The molecule has 1 aliphatic heterocycles. The highest BCUT2D eigenvalue weighted by Crippen LogP contribution is 2.46. The van der Waals surface area contributed by atoms with E-state index in [-0.39, 0.29) is 11.6 Å². The van der Waals surface area contributed by atoms with Gasteiger partial charge in [-0.1, -0.05) is 31.4 Å². The molecule has 0 radical (unpaired) electrons. The highest BCUT2D eigenvalue weighted by Gasteiger charge is 2.46. The van der Waals surface area contributed by atoms with Gasteiger partial charge in [0.25, 0.3) is 5.91 Å². The van der Waals surface area contributed by atoms with Crippen molar-refractivity contribution in [2.24, 2.45) is 11.8 Å². The van der Waals surface area contributed by atoms with Gasteiger partial charge in [-0.05, 0) is 49.7 Å². The van der Waals surface area contributed by atoms with Gasteiger partial charge in [0.15, 0.2) is 0 Å². The fraction of sp³-hybridized carbons (Fsp3) is 0.611. The molecule has 1 spiro atoms. The normalized spacial score (nSPS) is 32.5. The number of hydrogen-bond acceptors (Lipinski definition) is 2. The third-order valence-electron chi connectivity index (χ3n) is 6.15. The third-order valence-corrected chi connectivity index (χ3v) is 6.15. The largest absolute Gasteiger partial charge is 0.362 e. The summed E-state index contributed by atoms with van der Waals surface area (Å²) in [6.07, 6.45) is 8.99. The van der Waals surface area contributed by atoms with E-state index >= 15 is 0 Å². The molecule has 2 fully saturated rings. The second kappa shape index (κ2) is 4.75. The van der Waals surface area contributed by atoms with Crippen molar-refractivity contribution in [2.75, 3.05) is 12.4 Å². The second-order valence-corrected chi connectivity index (χ2v) is 7.09. The minimum absolute atomic E-state index is 0.147. The third kappa shape index (κ3) is 1.97.